The van der Waals surface area contributed by atoms with Gasteiger partial charge in [0.2, 0.25) is 0 Å². The van der Waals surface area contributed by atoms with Gasteiger partial charge in [0.05, 0.1) is 11.6 Å². The summed E-state index contributed by atoms with van der Waals surface area (Å²) in [7, 11) is 0. The fourth-order valence-electron chi connectivity index (χ4n) is 1.78. The second kappa shape index (κ2) is 4.64. The van der Waals surface area contributed by atoms with Crippen molar-refractivity contribution in [1.29, 1.82) is 0 Å². The van der Waals surface area contributed by atoms with Gasteiger partial charge in [-0.1, -0.05) is 0 Å². The standard InChI is InChI=1S/C14H8F5/c1-6-9(3-8(15)4-10(6)16)13-12(18)5-11(17)7(2)14(13)19/h3,5H,1-2H3. The van der Waals surface area contributed by atoms with E-state index >= 15 is 0 Å². The Morgan fingerprint density at radius 1 is 0.842 bits per heavy atom. The predicted molar refractivity (Wildman–Crippen MR) is 60.0 cm³/mol. The smallest absolute Gasteiger partial charge is 0.139 e. The molecule has 0 aliphatic carbocycles. The van der Waals surface area contributed by atoms with Gasteiger partial charge in [-0.15, -0.1) is 0 Å². The van der Waals surface area contributed by atoms with Gasteiger partial charge < -0.3 is 0 Å². The first kappa shape index (κ1) is 13.5. The summed E-state index contributed by atoms with van der Waals surface area (Å²) in [6.45, 7) is 2.35. The van der Waals surface area contributed by atoms with Gasteiger partial charge in [-0.25, -0.2) is 22.0 Å². The zero-order valence-corrected chi connectivity index (χ0v) is 10.0. The molecule has 5 heteroatoms. The predicted octanol–water partition coefficient (Wildman–Crippen LogP) is 4.47. The SMILES string of the molecule is Cc1c(F)[c]c(F)cc1-c1c(F)cc(F)c(C)c1F. The van der Waals surface area contributed by atoms with E-state index in [0.29, 0.717) is 6.07 Å². The molecule has 19 heavy (non-hydrogen) atoms. The number of rotatable bonds is 1. The van der Waals surface area contributed by atoms with E-state index in [9.17, 15) is 22.0 Å². The van der Waals surface area contributed by atoms with Gasteiger partial charge in [0.25, 0.3) is 0 Å². The van der Waals surface area contributed by atoms with Gasteiger partial charge in [-0.05, 0) is 31.0 Å². The third-order valence-electron chi connectivity index (χ3n) is 2.90. The summed E-state index contributed by atoms with van der Waals surface area (Å²) in [5.74, 6) is -5.58. The zero-order valence-electron chi connectivity index (χ0n) is 10.0. The Balaban J connectivity index is 2.83. The van der Waals surface area contributed by atoms with Gasteiger partial charge in [0.15, 0.2) is 0 Å². The van der Waals surface area contributed by atoms with Crippen LogP contribution in [0, 0.1) is 49.0 Å². The van der Waals surface area contributed by atoms with E-state index in [2.05, 4.69) is 0 Å². The van der Waals surface area contributed by atoms with Crippen LogP contribution in [0.4, 0.5) is 22.0 Å². The second-order valence-corrected chi connectivity index (χ2v) is 4.12. The normalized spacial score (nSPS) is 10.9. The van der Waals surface area contributed by atoms with Gasteiger partial charge in [0, 0.05) is 11.6 Å². The Hall–Kier alpha value is -1.91. The average Bonchev–Trinajstić information content (AvgIpc) is 2.32. The van der Waals surface area contributed by atoms with Crippen molar-refractivity contribution in [3.63, 3.8) is 0 Å². The Morgan fingerprint density at radius 3 is 2.11 bits per heavy atom. The van der Waals surface area contributed by atoms with Crippen molar-refractivity contribution in [1.82, 2.24) is 0 Å². The summed E-state index contributed by atoms with van der Waals surface area (Å²) in [5.41, 5.74) is -1.52. The summed E-state index contributed by atoms with van der Waals surface area (Å²) in [6.07, 6.45) is 0. The molecule has 0 aliphatic rings. The van der Waals surface area contributed by atoms with Crippen molar-refractivity contribution in [3.05, 3.63) is 58.4 Å². The molecule has 0 atom stereocenters. The molecular formula is C14H8F5. The van der Waals surface area contributed by atoms with Crippen molar-refractivity contribution in [3.8, 4) is 11.1 Å². The lowest BCUT2D eigenvalue weighted by atomic mass is 9.97. The minimum absolute atomic E-state index is 0.162. The first-order valence-electron chi connectivity index (χ1n) is 5.35. The maximum Gasteiger partial charge on any atom is 0.139 e. The van der Waals surface area contributed by atoms with E-state index in [4.69, 9.17) is 0 Å². The van der Waals surface area contributed by atoms with Crippen molar-refractivity contribution in [2.45, 2.75) is 13.8 Å². The van der Waals surface area contributed by atoms with Crippen molar-refractivity contribution in [2.24, 2.45) is 0 Å². The van der Waals surface area contributed by atoms with Crippen LogP contribution in [0.2, 0.25) is 0 Å². The Kier molecular flexibility index (Phi) is 3.30. The quantitative estimate of drug-likeness (QED) is 0.671. The molecule has 0 nitrogen and oxygen atoms in total. The lowest BCUT2D eigenvalue weighted by molar-refractivity contribution is 0.535. The highest BCUT2D eigenvalue weighted by Gasteiger charge is 2.21. The molecule has 2 aromatic carbocycles. The van der Waals surface area contributed by atoms with E-state index < -0.39 is 40.2 Å². The molecule has 0 fully saturated rings. The summed E-state index contributed by atoms with van der Waals surface area (Å²) in [4.78, 5) is 0. The van der Waals surface area contributed by atoms with Crippen LogP contribution in [-0.2, 0) is 0 Å². The molecule has 0 heterocycles. The lowest BCUT2D eigenvalue weighted by Gasteiger charge is -2.11. The minimum Gasteiger partial charge on any atom is -0.206 e. The molecule has 0 saturated carbocycles. The summed E-state index contributed by atoms with van der Waals surface area (Å²) in [5, 5.41) is 0. The van der Waals surface area contributed by atoms with Crippen LogP contribution >= 0.6 is 0 Å². The number of hydrogen-bond acceptors (Lipinski definition) is 0. The fourth-order valence-corrected chi connectivity index (χ4v) is 1.78. The number of halogens is 5. The highest BCUT2D eigenvalue weighted by molar-refractivity contribution is 5.69. The van der Waals surface area contributed by atoms with Gasteiger partial charge in [-0.2, -0.15) is 0 Å². The van der Waals surface area contributed by atoms with Crippen LogP contribution in [-0.4, -0.2) is 0 Å². The zero-order chi connectivity index (χ0) is 14.3. The van der Waals surface area contributed by atoms with E-state index in [1.807, 2.05) is 0 Å². The Labute approximate surface area is 106 Å². The molecule has 0 saturated heterocycles. The van der Waals surface area contributed by atoms with E-state index in [1.54, 1.807) is 6.07 Å². The molecule has 0 bridgehead atoms. The molecule has 2 aromatic rings. The van der Waals surface area contributed by atoms with Crippen LogP contribution in [0.15, 0.2) is 12.1 Å². The molecule has 1 radical (unpaired) electrons. The number of hydrogen-bond donors (Lipinski definition) is 0. The molecule has 0 aliphatic heterocycles. The third kappa shape index (κ3) is 2.20. The van der Waals surface area contributed by atoms with Crippen LogP contribution < -0.4 is 0 Å². The minimum atomic E-state index is -1.21. The largest absolute Gasteiger partial charge is 0.206 e. The fraction of sp³-hybridized carbons (Fsp3) is 0.143. The Bertz CT molecular complexity index is 662. The van der Waals surface area contributed by atoms with Crippen LogP contribution in [0.1, 0.15) is 11.1 Å². The van der Waals surface area contributed by atoms with E-state index in [0.717, 1.165) is 13.0 Å². The molecule has 0 N–H and O–H groups in total. The molecule has 0 amide bonds. The van der Waals surface area contributed by atoms with Gasteiger partial charge >= 0.3 is 0 Å². The van der Waals surface area contributed by atoms with Crippen molar-refractivity contribution in [2.75, 3.05) is 0 Å². The number of benzene rings is 2. The van der Waals surface area contributed by atoms with Crippen molar-refractivity contribution >= 4 is 0 Å². The average molecular weight is 271 g/mol. The second-order valence-electron chi connectivity index (χ2n) is 4.12. The van der Waals surface area contributed by atoms with Crippen LogP contribution in [0.25, 0.3) is 11.1 Å². The summed E-state index contributed by atoms with van der Waals surface area (Å²) >= 11 is 0. The highest BCUT2D eigenvalue weighted by atomic mass is 19.2. The molecule has 2 rings (SSSR count). The highest BCUT2D eigenvalue weighted by Crippen LogP contribution is 2.33. The van der Waals surface area contributed by atoms with E-state index in [-0.39, 0.29) is 11.1 Å². The van der Waals surface area contributed by atoms with Gasteiger partial charge in [0.1, 0.15) is 29.1 Å². The maximum absolute atomic E-state index is 13.9. The molecule has 0 spiro atoms. The monoisotopic (exact) mass is 271 g/mol. The lowest BCUT2D eigenvalue weighted by Crippen LogP contribution is -2.00. The molecule has 0 aromatic heterocycles. The first-order chi connectivity index (χ1) is 8.82. The molecule has 99 valence electrons. The van der Waals surface area contributed by atoms with Crippen LogP contribution in [0.3, 0.4) is 0 Å². The van der Waals surface area contributed by atoms with Crippen LogP contribution in [0.5, 0.6) is 0 Å². The summed E-state index contributed by atoms with van der Waals surface area (Å²) < 4.78 is 67.2. The van der Waals surface area contributed by atoms with E-state index in [1.165, 1.54) is 6.92 Å². The molecular weight excluding hydrogens is 263 g/mol. The molecule has 0 unspecified atom stereocenters. The third-order valence-corrected chi connectivity index (χ3v) is 2.90. The Morgan fingerprint density at radius 2 is 1.47 bits per heavy atom. The topological polar surface area (TPSA) is 0 Å². The van der Waals surface area contributed by atoms with Gasteiger partial charge in [-0.3, -0.25) is 0 Å². The first-order valence-corrected chi connectivity index (χ1v) is 5.35. The van der Waals surface area contributed by atoms with Crippen molar-refractivity contribution < 1.29 is 22.0 Å². The summed E-state index contributed by atoms with van der Waals surface area (Å²) in [6, 6.07) is 3.01. The maximum atomic E-state index is 13.9.